The summed E-state index contributed by atoms with van der Waals surface area (Å²) in [5, 5.41) is 12.2. The van der Waals surface area contributed by atoms with Crippen LogP contribution in [0, 0.1) is 17.2 Å². The highest BCUT2D eigenvalue weighted by molar-refractivity contribution is 7.99. The summed E-state index contributed by atoms with van der Waals surface area (Å²) in [7, 11) is 0. The molecular formula is C18H21N3O4S. The number of rotatable bonds is 7. The smallest absolute Gasteiger partial charge is 0.317 e. The Balaban J connectivity index is 1.86. The van der Waals surface area contributed by atoms with Gasteiger partial charge in [-0.05, 0) is 31.9 Å². The Kier molecular flexibility index (Phi) is 6.27. The molecule has 1 amide bonds. The van der Waals surface area contributed by atoms with E-state index in [1.165, 1.54) is 6.92 Å². The summed E-state index contributed by atoms with van der Waals surface area (Å²) in [5.41, 5.74) is 0.325. The maximum Gasteiger partial charge on any atom is 0.317 e. The number of nitrogens with one attached hydrogen (secondary N) is 1. The van der Waals surface area contributed by atoms with Crippen LogP contribution in [0.4, 0.5) is 0 Å². The molecule has 1 N–H and O–H groups in total. The highest BCUT2D eigenvalue weighted by Gasteiger charge is 2.32. The van der Waals surface area contributed by atoms with E-state index >= 15 is 0 Å². The van der Waals surface area contributed by atoms with Gasteiger partial charge in [0.15, 0.2) is 11.7 Å². The lowest BCUT2D eigenvalue weighted by Crippen LogP contribution is -2.52. The van der Waals surface area contributed by atoms with E-state index in [2.05, 4.69) is 16.4 Å². The molecular weight excluding hydrogens is 354 g/mol. The number of carbonyl (C=O) groups excluding carboxylic acids is 2. The minimum Gasteiger partial charge on any atom is -0.452 e. The SMILES string of the molecule is CC(C)[C@](C)(C#N)NC(=O)[C@@H](C)OC(=O)CSc1nc2ccccc2o1. The van der Waals surface area contributed by atoms with Crippen LogP contribution in [0.3, 0.4) is 0 Å². The molecule has 26 heavy (non-hydrogen) atoms. The lowest BCUT2D eigenvalue weighted by molar-refractivity contribution is -0.152. The number of aromatic nitrogens is 1. The minimum absolute atomic E-state index is 0.0376. The summed E-state index contributed by atoms with van der Waals surface area (Å²) < 4.78 is 10.6. The van der Waals surface area contributed by atoms with E-state index < -0.39 is 23.5 Å². The maximum atomic E-state index is 12.2. The largest absolute Gasteiger partial charge is 0.452 e. The molecule has 0 fully saturated rings. The number of esters is 1. The van der Waals surface area contributed by atoms with Gasteiger partial charge in [-0.2, -0.15) is 5.26 Å². The van der Waals surface area contributed by atoms with E-state index in [1.54, 1.807) is 13.0 Å². The van der Waals surface area contributed by atoms with Crippen molar-refractivity contribution in [1.82, 2.24) is 10.3 Å². The van der Waals surface area contributed by atoms with Crippen molar-refractivity contribution in [3.8, 4) is 6.07 Å². The Morgan fingerprint density at radius 3 is 2.69 bits per heavy atom. The minimum atomic E-state index is -1.02. The summed E-state index contributed by atoms with van der Waals surface area (Å²) in [6.07, 6.45) is -1.00. The van der Waals surface area contributed by atoms with E-state index in [9.17, 15) is 14.9 Å². The van der Waals surface area contributed by atoms with Crippen LogP contribution < -0.4 is 5.32 Å². The molecule has 0 unspecified atom stereocenters. The molecule has 0 aliphatic rings. The molecule has 1 aromatic carbocycles. The normalized spacial score (nSPS) is 14.5. The predicted octanol–water partition coefficient (Wildman–Crippen LogP) is 2.91. The van der Waals surface area contributed by atoms with Gasteiger partial charge < -0.3 is 14.5 Å². The van der Waals surface area contributed by atoms with Gasteiger partial charge in [0, 0.05) is 0 Å². The van der Waals surface area contributed by atoms with Gasteiger partial charge in [0.2, 0.25) is 0 Å². The third-order valence-corrected chi connectivity index (χ3v) is 4.84. The fourth-order valence-electron chi connectivity index (χ4n) is 1.98. The standard InChI is InChI=1S/C18H21N3O4S/c1-11(2)18(4,10-19)21-16(23)12(3)24-15(22)9-26-17-20-13-7-5-6-8-14(13)25-17/h5-8,11-12H,9H2,1-4H3,(H,21,23)/t12-,18+/m1/s1. The lowest BCUT2D eigenvalue weighted by Gasteiger charge is -2.28. The average molecular weight is 375 g/mol. The molecule has 0 spiro atoms. The number of ether oxygens (including phenoxy) is 1. The quantitative estimate of drug-likeness (QED) is 0.586. The molecule has 0 saturated carbocycles. The van der Waals surface area contributed by atoms with Crippen LogP contribution in [-0.4, -0.2) is 34.3 Å². The van der Waals surface area contributed by atoms with Crippen LogP contribution >= 0.6 is 11.8 Å². The van der Waals surface area contributed by atoms with Crippen LogP contribution in [0.2, 0.25) is 0 Å². The summed E-state index contributed by atoms with van der Waals surface area (Å²) >= 11 is 1.09. The number of nitrogens with zero attached hydrogens (tertiary/aromatic N) is 2. The van der Waals surface area contributed by atoms with Crippen LogP contribution in [0.25, 0.3) is 11.1 Å². The Morgan fingerprint density at radius 2 is 2.08 bits per heavy atom. The first-order valence-electron chi connectivity index (χ1n) is 8.16. The highest BCUT2D eigenvalue weighted by atomic mass is 32.2. The molecule has 0 bridgehead atoms. The van der Waals surface area contributed by atoms with Crippen molar-refractivity contribution >= 4 is 34.7 Å². The molecule has 2 atom stereocenters. The van der Waals surface area contributed by atoms with Crippen molar-refractivity contribution in [3.63, 3.8) is 0 Å². The molecule has 2 rings (SSSR count). The zero-order valence-electron chi connectivity index (χ0n) is 15.1. The molecule has 0 aliphatic heterocycles. The topological polar surface area (TPSA) is 105 Å². The van der Waals surface area contributed by atoms with Crippen LogP contribution in [0.15, 0.2) is 33.9 Å². The fourth-order valence-corrected chi connectivity index (χ4v) is 2.60. The number of carbonyl (C=O) groups is 2. The summed E-state index contributed by atoms with van der Waals surface area (Å²) in [6.45, 7) is 6.76. The Hall–Kier alpha value is -2.53. The number of hydrogen-bond acceptors (Lipinski definition) is 7. The number of nitriles is 1. The first-order chi connectivity index (χ1) is 12.2. The first kappa shape index (κ1) is 19.8. The molecule has 0 saturated heterocycles. The summed E-state index contributed by atoms with van der Waals surface area (Å²) in [5.74, 6) is -1.20. The summed E-state index contributed by atoms with van der Waals surface area (Å²) in [6, 6.07) is 9.37. The number of hydrogen-bond donors (Lipinski definition) is 1. The third-order valence-electron chi connectivity index (χ3n) is 4.04. The van der Waals surface area contributed by atoms with Gasteiger partial charge in [0.1, 0.15) is 16.8 Å². The van der Waals surface area contributed by atoms with Crippen molar-refractivity contribution in [2.45, 2.75) is 44.6 Å². The van der Waals surface area contributed by atoms with Gasteiger partial charge in [0.25, 0.3) is 11.1 Å². The molecule has 2 aromatic rings. The van der Waals surface area contributed by atoms with E-state index in [4.69, 9.17) is 9.15 Å². The second-order valence-corrected chi connectivity index (χ2v) is 7.25. The van der Waals surface area contributed by atoms with Crippen molar-refractivity contribution < 1.29 is 18.7 Å². The van der Waals surface area contributed by atoms with Gasteiger partial charge in [-0.3, -0.25) is 9.59 Å². The Labute approximate surface area is 156 Å². The molecule has 0 radical (unpaired) electrons. The van der Waals surface area contributed by atoms with Gasteiger partial charge >= 0.3 is 5.97 Å². The molecule has 1 heterocycles. The van der Waals surface area contributed by atoms with Crippen molar-refractivity contribution in [1.29, 1.82) is 5.26 Å². The second kappa shape index (κ2) is 8.23. The fraction of sp³-hybridized carbons (Fsp3) is 0.444. The van der Waals surface area contributed by atoms with Gasteiger partial charge in [0.05, 0.1) is 6.07 Å². The number of oxazole rings is 1. The van der Waals surface area contributed by atoms with Crippen LogP contribution in [0.5, 0.6) is 0 Å². The third kappa shape index (κ3) is 4.76. The van der Waals surface area contributed by atoms with E-state index in [0.29, 0.717) is 16.3 Å². The van der Waals surface area contributed by atoms with Crippen molar-refractivity contribution in [3.05, 3.63) is 24.3 Å². The average Bonchev–Trinajstić information content (AvgIpc) is 3.02. The number of benzene rings is 1. The van der Waals surface area contributed by atoms with Crippen molar-refractivity contribution in [2.75, 3.05) is 5.75 Å². The molecule has 7 nitrogen and oxygen atoms in total. The number of fused-ring (bicyclic) bond motifs is 1. The van der Waals surface area contributed by atoms with Gasteiger partial charge in [-0.25, -0.2) is 4.98 Å². The lowest BCUT2D eigenvalue weighted by atomic mass is 9.90. The number of thioether (sulfide) groups is 1. The van der Waals surface area contributed by atoms with Gasteiger partial charge in [-0.15, -0.1) is 0 Å². The number of para-hydroxylation sites is 2. The highest BCUT2D eigenvalue weighted by Crippen LogP contribution is 2.23. The Morgan fingerprint density at radius 1 is 1.38 bits per heavy atom. The van der Waals surface area contributed by atoms with E-state index in [0.717, 1.165) is 11.8 Å². The zero-order chi connectivity index (χ0) is 19.3. The second-order valence-electron chi connectivity index (χ2n) is 6.33. The zero-order valence-corrected chi connectivity index (χ0v) is 15.9. The number of amides is 1. The molecule has 1 aromatic heterocycles. The molecule has 0 aliphatic carbocycles. The monoisotopic (exact) mass is 375 g/mol. The summed E-state index contributed by atoms with van der Waals surface area (Å²) in [4.78, 5) is 28.4. The van der Waals surface area contributed by atoms with Crippen LogP contribution in [-0.2, 0) is 14.3 Å². The maximum absolute atomic E-state index is 12.2. The van der Waals surface area contributed by atoms with Gasteiger partial charge in [-0.1, -0.05) is 37.7 Å². The first-order valence-corrected chi connectivity index (χ1v) is 9.15. The van der Waals surface area contributed by atoms with Crippen LogP contribution in [0.1, 0.15) is 27.7 Å². The van der Waals surface area contributed by atoms with E-state index in [1.807, 2.05) is 32.0 Å². The van der Waals surface area contributed by atoms with Crippen molar-refractivity contribution in [2.24, 2.45) is 5.92 Å². The Bertz CT molecular complexity index is 809. The molecule has 8 heteroatoms. The predicted molar refractivity (Wildman–Crippen MR) is 97.3 cm³/mol. The van der Waals surface area contributed by atoms with E-state index in [-0.39, 0.29) is 11.7 Å². The molecule has 138 valence electrons.